The third-order valence-corrected chi connectivity index (χ3v) is 4.13. The highest BCUT2D eigenvalue weighted by Gasteiger charge is 2.16. The van der Waals surface area contributed by atoms with Crippen molar-refractivity contribution in [3.8, 4) is 0 Å². The number of ether oxygens (including phenoxy) is 1. The minimum atomic E-state index is -0.105. The van der Waals surface area contributed by atoms with Gasteiger partial charge in [0.25, 0.3) is 5.91 Å². The Bertz CT molecular complexity index is 539. The van der Waals surface area contributed by atoms with E-state index in [4.69, 9.17) is 4.74 Å². The number of rotatable bonds is 8. The topological polar surface area (TPSA) is 79.5 Å². The fourth-order valence-electron chi connectivity index (χ4n) is 2.46. The van der Waals surface area contributed by atoms with Crippen LogP contribution in [-0.4, -0.2) is 43.7 Å². The van der Waals surface area contributed by atoms with Crippen LogP contribution >= 0.6 is 0 Å². The second-order valence-electron chi connectivity index (χ2n) is 6.15. The van der Waals surface area contributed by atoms with Crippen LogP contribution in [0, 0.1) is 0 Å². The van der Waals surface area contributed by atoms with E-state index >= 15 is 0 Å². The maximum atomic E-state index is 12.1. The molecule has 6 heteroatoms. The zero-order valence-electron chi connectivity index (χ0n) is 14.4. The van der Waals surface area contributed by atoms with Crippen LogP contribution in [0.1, 0.15) is 43.5 Å². The van der Waals surface area contributed by atoms with E-state index in [0.29, 0.717) is 12.1 Å². The molecule has 0 radical (unpaired) electrons. The summed E-state index contributed by atoms with van der Waals surface area (Å²) in [6, 6.07) is 7.28. The zero-order valence-corrected chi connectivity index (χ0v) is 14.4. The predicted molar refractivity (Wildman–Crippen MR) is 94.1 cm³/mol. The molecule has 1 fully saturated rings. The van der Waals surface area contributed by atoms with E-state index in [1.807, 2.05) is 13.8 Å². The van der Waals surface area contributed by atoms with Crippen molar-refractivity contribution in [1.82, 2.24) is 10.6 Å². The van der Waals surface area contributed by atoms with E-state index < -0.39 is 0 Å². The van der Waals surface area contributed by atoms with E-state index in [0.717, 1.165) is 31.6 Å². The number of hydrogen-bond donors (Lipinski definition) is 3. The first-order chi connectivity index (χ1) is 11.6. The van der Waals surface area contributed by atoms with E-state index in [-0.39, 0.29) is 30.5 Å². The number of anilines is 1. The molecule has 132 valence electrons. The number of carbonyl (C=O) groups excluding carboxylic acids is 2. The summed E-state index contributed by atoms with van der Waals surface area (Å²) in [5.74, 6) is -0.144. The van der Waals surface area contributed by atoms with Crippen molar-refractivity contribution in [3.63, 3.8) is 0 Å². The lowest BCUT2D eigenvalue weighted by atomic mass is 10.2. The van der Waals surface area contributed by atoms with E-state index in [2.05, 4.69) is 16.0 Å². The van der Waals surface area contributed by atoms with Crippen LogP contribution in [0.3, 0.4) is 0 Å². The lowest BCUT2D eigenvalue weighted by Crippen LogP contribution is -2.36. The van der Waals surface area contributed by atoms with Crippen molar-refractivity contribution >= 4 is 17.5 Å². The third-order valence-electron chi connectivity index (χ3n) is 4.13. The Labute approximate surface area is 143 Å². The van der Waals surface area contributed by atoms with E-state index in [1.165, 1.54) is 0 Å². The van der Waals surface area contributed by atoms with Crippen molar-refractivity contribution in [3.05, 3.63) is 29.8 Å². The van der Waals surface area contributed by atoms with Crippen LogP contribution < -0.4 is 16.0 Å². The van der Waals surface area contributed by atoms with Gasteiger partial charge in [0.15, 0.2) is 0 Å². The molecule has 24 heavy (non-hydrogen) atoms. The first-order valence-electron chi connectivity index (χ1n) is 8.61. The van der Waals surface area contributed by atoms with Crippen molar-refractivity contribution < 1.29 is 14.3 Å². The van der Waals surface area contributed by atoms with Gasteiger partial charge in [-0.3, -0.25) is 9.59 Å². The molecule has 0 saturated carbocycles. The first kappa shape index (κ1) is 18.3. The lowest BCUT2D eigenvalue weighted by molar-refractivity contribution is -0.120. The predicted octanol–water partition coefficient (Wildman–Crippen LogP) is 1.92. The van der Waals surface area contributed by atoms with Gasteiger partial charge in [0.2, 0.25) is 5.91 Å². The van der Waals surface area contributed by atoms with Crippen LogP contribution in [0.25, 0.3) is 0 Å². The standard InChI is InChI=1S/C18H27N3O3/c1-3-13(2)21-17(22)12-19-15-8-6-14(7-9-15)18(23)20-11-16-5-4-10-24-16/h6-9,13,16,19H,3-5,10-12H2,1-2H3,(H,20,23)(H,21,22). The van der Waals surface area contributed by atoms with Crippen molar-refractivity contribution in [1.29, 1.82) is 0 Å². The molecule has 0 spiro atoms. The molecule has 1 aliphatic rings. The summed E-state index contributed by atoms with van der Waals surface area (Å²) in [5.41, 5.74) is 1.41. The van der Waals surface area contributed by atoms with Crippen LogP contribution in [-0.2, 0) is 9.53 Å². The highest BCUT2D eigenvalue weighted by Crippen LogP contribution is 2.12. The average molecular weight is 333 g/mol. The Morgan fingerprint density at radius 3 is 2.67 bits per heavy atom. The Morgan fingerprint density at radius 2 is 2.04 bits per heavy atom. The molecule has 0 aliphatic carbocycles. The maximum Gasteiger partial charge on any atom is 0.251 e. The summed E-state index contributed by atoms with van der Waals surface area (Å²) >= 11 is 0. The summed E-state index contributed by atoms with van der Waals surface area (Å²) in [4.78, 5) is 23.8. The highest BCUT2D eigenvalue weighted by atomic mass is 16.5. The molecular formula is C18H27N3O3. The van der Waals surface area contributed by atoms with E-state index in [1.54, 1.807) is 24.3 Å². The normalized spacial score (nSPS) is 18.0. The van der Waals surface area contributed by atoms with Gasteiger partial charge >= 0.3 is 0 Å². The van der Waals surface area contributed by atoms with Crippen molar-refractivity contribution in [2.75, 3.05) is 25.0 Å². The number of amides is 2. The number of hydrogen-bond acceptors (Lipinski definition) is 4. The molecule has 6 nitrogen and oxygen atoms in total. The summed E-state index contributed by atoms with van der Waals surface area (Å²) in [6.45, 7) is 5.55. The molecular weight excluding hydrogens is 306 g/mol. The molecule has 2 atom stereocenters. The quantitative estimate of drug-likeness (QED) is 0.679. The Kier molecular flexibility index (Phi) is 7.06. The molecule has 1 saturated heterocycles. The molecule has 1 aliphatic heterocycles. The van der Waals surface area contributed by atoms with Crippen LogP contribution in [0.5, 0.6) is 0 Å². The van der Waals surface area contributed by atoms with Gasteiger partial charge in [-0.05, 0) is 50.5 Å². The van der Waals surface area contributed by atoms with Gasteiger partial charge in [0.05, 0.1) is 12.6 Å². The minimum absolute atomic E-state index is 0.0391. The molecule has 3 N–H and O–H groups in total. The average Bonchev–Trinajstić information content (AvgIpc) is 3.11. The van der Waals surface area contributed by atoms with Gasteiger partial charge in [-0.25, -0.2) is 0 Å². The summed E-state index contributed by atoms with van der Waals surface area (Å²) < 4.78 is 5.49. The smallest absolute Gasteiger partial charge is 0.251 e. The fourth-order valence-corrected chi connectivity index (χ4v) is 2.46. The Morgan fingerprint density at radius 1 is 1.29 bits per heavy atom. The molecule has 2 amide bonds. The van der Waals surface area contributed by atoms with Gasteiger partial charge in [-0.1, -0.05) is 6.92 Å². The molecule has 1 heterocycles. The first-order valence-corrected chi connectivity index (χ1v) is 8.61. The minimum Gasteiger partial charge on any atom is -0.376 e. The van der Waals surface area contributed by atoms with E-state index in [9.17, 15) is 9.59 Å². The molecule has 2 rings (SSSR count). The van der Waals surface area contributed by atoms with Crippen LogP contribution in [0.2, 0.25) is 0 Å². The Balaban J connectivity index is 1.75. The summed E-state index contributed by atoms with van der Waals surface area (Å²) in [7, 11) is 0. The highest BCUT2D eigenvalue weighted by molar-refractivity contribution is 5.94. The van der Waals surface area contributed by atoms with Gasteiger partial charge in [-0.15, -0.1) is 0 Å². The molecule has 0 aromatic heterocycles. The summed E-state index contributed by atoms with van der Waals surface area (Å²) in [6.07, 6.45) is 3.10. The number of carbonyl (C=O) groups is 2. The fraction of sp³-hybridized carbons (Fsp3) is 0.556. The largest absolute Gasteiger partial charge is 0.376 e. The molecule has 2 unspecified atom stereocenters. The van der Waals surface area contributed by atoms with Gasteiger partial charge in [0.1, 0.15) is 0 Å². The zero-order chi connectivity index (χ0) is 17.4. The summed E-state index contributed by atoms with van der Waals surface area (Å²) in [5, 5.41) is 8.84. The van der Waals surface area contributed by atoms with Crippen LogP contribution in [0.4, 0.5) is 5.69 Å². The number of benzene rings is 1. The van der Waals surface area contributed by atoms with Gasteiger partial charge in [0, 0.05) is 30.4 Å². The third kappa shape index (κ3) is 5.85. The second kappa shape index (κ2) is 9.27. The molecule has 0 bridgehead atoms. The van der Waals surface area contributed by atoms with Gasteiger partial charge in [-0.2, -0.15) is 0 Å². The van der Waals surface area contributed by atoms with Gasteiger partial charge < -0.3 is 20.7 Å². The van der Waals surface area contributed by atoms with Crippen molar-refractivity contribution in [2.45, 2.75) is 45.3 Å². The SMILES string of the molecule is CCC(C)NC(=O)CNc1ccc(C(=O)NCC2CCCO2)cc1. The van der Waals surface area contributed by atoms with Crippen LogP contribution in [0.15, 0.2) is 24.3 Å². The lowest BCUT2D eigenvalue weighted by Gasteiger charge is -2.13. The monoisotopic (exact) mass is 333 g/mol. The second-order valence-corrected chi connectivity index (χ2v) is 6.15. The van der Waals surface area contributed by atoms with Crippen molar-refractivity contribution in [2.24, 2.45) is 0 Å². The molecule has 1 aromatic rings. The molecule has 1 aromatic carbocycles. The number of nitrogens with one attached hydrogen (secondary N) is 3. The maximum absolute atomic E-state index is 12.1. The Hall–Kier alpha value is -2.08.